The second-order valence-corrected chi connectivity index (χ2v) is 14.6. The van der Waals surface area contributed by atoms with Crippen molar-refractivity contribution in [2.75, 3.05) is 16.4 Å². The first kappa shape index (κ1) is 25.6. The summed E-state index contributed by atoms with van der Waals surface area (Å²) in [6.45, 7) is 6.74. The Kier molecular flexibility index (Phi) is 6.26. The molecule has 3 aliphatic rings. The summed E-state index contributed by atoms with van der Waals surface area (Å²) in [6, 6.07) is 14.6. The van der Waals surface area contributed by atoms with Gasteiger partial charge in [-0.1, -0.05) is 25.1 Å². The summed E-state index contributed by atoms with van der Waals surface area (Å²) in [5.74, 6) is -1.34. The van der Waals surface area contributed by atoms with E-state index in [2.05, 4.69) is 0 Å². The Labute approximate surface area is 216 Å². The molecule has 2 aromatic rings. The molecule has 2 N–H and O–H groups in total. The van der Waals surface area contributed by atoms with Gasteiger partial charge in [0.15, 0.2) is 20.1 Å². The highest BCUT2D eigenvalue weighted by Crippen LogP contribution is 2.61. The molecule has 2 saturated heterocycles. The Morgan fingerprint density at radius 1 is 1.16 bits per heavy atom. The molecule has 5 rings (SSSR count). The first-order valence-corrected chi connectivity index (χ1v) is 15.6. The van der Waals surface area contributed by atoms with Crippen LogP contribution >= 0.6 is 0 Å². The number of hydrogen-bond acceptors (Lipinski definition) is 7. The van der Waals surface area contributed by atoms with Crippen molar-refractivity contribution < 1.29 is 33.8 Å². The standard InChI is InChI=1S/C27H32N2O7Si/c1-16-25(37(3,4)34)22(12-13-30)36-27(16)20-14-19(29-23(32)15-24(29)35-17(2)31)10-11-21(20)28(26(27)33)18-8-6-5-7-9-18/h5-11,14,16,22,24-25,30,34H,12-13,15H2,1-4H3/t16-,22+,24?,25-,27+/m0/s1. The van der Waals surface area contributed by atoms with E-state index in [0.29, 0.717) is 29.0 Å². The van der Waals surface area contributed by atoms with Crippen LogP contribution in [0.4, 0.5) is 17.1 Å². The molecule has 1 spiro atoms. The van der Waals surface area contributed by atoms with Crippen molar-refractivity contribution >= 4 is 43.2 Å². The molecule has 37 heavy (non-hydrogen) atoms. The number of aliphatic hydroxyl groups is 1. The molecule has 0 aliphatic carbocycles. The highest BCUT2D eigenvalue weighted by molar-refractivity contribution is 6.71. The van der Waals surface area contributed by atoms with Crippen molar-refractivity contribution in [3.63, 3.8) is 0 Å². The summed E-state index contributed by atoms with van der Waals surface area (Å²) in [6.07, 6.45) is -0.834. The molecular formula is C27H32N2O7Si. The number of amides is 2. The van der Waals surface area contributed by atoms with Crippen LogP contribution in [0.15, 0.2) is 48.5 Å². The Morgan fingerprint density at radius 2 is 1.86 bits per heavy atom. The van der Waals surface area contributed by atoms with Crippen LogP contribution in [0.2, 0.25) is 18.6 Å². The maximum atomic E-state index is 14.4. The lowest BCUT2D eigenvalue weighted by Gasteiger charge is -2.39. The topological polar surface area (TPSA) is 117 Å². The molecule has 0 bridgehead atoms. The molecule has 196 valence electrons. The molecule has 10 heteroatoms. The zero-order chi connectivity index (χ0) is 26.7. The summed E-state index contributed by atoms with van der Waals surface area (Å²) in [5, 5.41) is 9.78. The van der Waals surface area contributed by atoms with Crippen LogP contribution in [-0.4, -0.2) is 54.9 Å². The first-order valence-electron chi connectivity index (χ1n) is 12.5. The molecule has 2 fully saturated rings. The number of fused-ring (bicyclic) bond motifs is 2. The fourth-order valence-electron chi connectivity index (χ4n) is 6.35. The summed E-state index contributed by atoms with van der Waals surface area (Å²) in [7, 11) is -2.83. The number of ether oxygens (including phenoxy) is 2. The maximum Gasteiger partial charge on any atom is 0.304 e. The lowest BCUT2D eigenvalue weighted by atomic mass is 9.82. The van der Waals surface area contributed by atoms with Gasteiger partial charge in [-0.05, 0) is 49.8 Å². The van der Waals surface area contributed by atoms with Gasteiger partial charge in [0.05, 0.1) is 18.2 Å². The van der Waals surface area contributed by atoms with Gasteiger partial charge < -0.3 is 19.4 Å². The third kappa shape index (κ3) is 3.90. The second-order valence-electron chi connectivity index (χ2n) is 10.6. The second kappa shape index (κ2) is 9.05. The van der Waals surface area contributed by atoms with Crippen molar-refractivity contribution in [2.24, 2.45) is 5.92 Å². The highest BCUT2D eigenvalue weighted by atomic mass is 28.4. The van der Waals surface area contributed by atoms with Gasteiger partial charge >= 0.3 is 5.97 Å². The summed E-state index contributed by atoms with van der Waals surface area (Å²) < 4.78 is 11.9. The lowest BCUT2D eigenvalue weighted by molar-refractivity contribution is -0.153. The molecule has 0 radical (unpaired) electrons. The molecule has 3 heterocycles. The smallest absolute Gasteiger partial charge is 0.304 e. The van der Waals surface area contributed by atoms with Crippen LogP contribution in [0.1, 0.15) is 32.3 Å². The number of carbonyl (C=O) groups is 3. The molecule has 2 aromatic carbocycles. The number of nitrogens with zero attached hydrogens (tertiary/aromatic N) is 2. The fraction of sp³-hybridized carbons (Fsp3) is 0.444. The number of hydrogen-bond donors (Lipinski definition) is 2. The number of para-hydroxylation sites is 1. The molecule has 5 atom stereocenters. The molecule has 3 aliphatic heterocycles. The molecule has 2 amide bonds. The molecule has 0 saturated carbocycles. The van der Waals surface area contributed by atoms with Crippen molar-refractivity contribution in [1.29, 1.82) is 0 Å². The largest absolute Gasteiger partial charge is 0.441 e. The Hall–Kier alpha value is -3.05. The van der Waals surface area contributed by atoms with Crippen molar-refractivity contribution in [3.05, 3.63) is 54.1 Å². The number of benzene rings is 2. The quantitative estimate of drug-likeness (QED) is 0.339. The predicted molar refractivity (Wildman–Crippen MR) is 139 cm³/mol. The maximum absolute atomic E-state index is 14.4. The number of aliphatic hydroxyl groups excluding tert-OH is 1. The molecule has 0 aromatic heterocycles. The summed E-state index contributed by atoms with van der Waals surface area (Å²) in [5.41, 5.74) is 0.677. The van der Waals surface area contributed by atoms with Crippen LogP contribution in [0.3, 0.4) is 0 Å². The fourth-order valence-corrected chi connectivity index (χ4v) is 8.96. The predicted octanol–water partition coefficient (Wildman–Crippen LogP) is 3.17. The van der Waals surface area contributed by atoms with Gasteiger partial charge in [-0.2, -0.15) is 0 Å². The number of esters is 1. The minimum absolute atomic E-state index is 0.0920. The van der Waals surface area contributed by atoms with E-state index >= 15 is 0 Å². The average Bonchev–Trinajstić information content (AvgIpc) is 3.25. The first-order chi connectivity index (χ1) is 17.5. The van der Waals surface area contributed by atoms with Crippen LogP contribution in [0.5, 0.6) is 0 Å². The van der Waals surface area contributed by atoms with Crippen LogP contribution in [0, 0.1) is 5.92 Å². The molecule has 9 nitrogen and oxygen atoms in total. The van der Waals surface area contributed by atoms with E-state index in [4.69, 9.17) is 9.47 Å². The third-order valence-corrected chi connectivity index (χ3v) is 10.3. The van der Waals surface area contributed by atoms with Gasteiger partial charge in [-0.25, -0.2) is 0 Å². The zero-order valence-electron chi connectivity index (χ0n) is 21.4. The van der Waals surface area contributed by atoms with Gasteiger partial charge in [0.2, 0.25) is 5.91 Å². The number of rotatable bonds is 6. The van der Waals surface area contributed by atoms with Crippen LogP contribution in [-0.2, 0) is 29.5 Å². The Morgan fingerprint density at radius 3 is 2.46 bits per heavy atom. The van der Waals surface area contributed by atoms with E-state index in [1.807, 2.05) is 50.3 Å². The van der Waals surface area contributed by atoms with E-state index in [1.165, 1.54) is 11.8 Å². The third-order valence-electron chi connectivity index (χ3n) is 7.79. The number of anilines is 3. The minimum atomic E-state index is -2.83. The van der Waals surface area contributed by atoms with Crippen molar-refractivity contribution in [1.82, 2.24) is 0 Å². The van der Waals surface area contributed by atoms with Crippen molar-refractivity contribution in [3.8, 4) is 0 Å². The van der Waals surface area contributed by atoms with E-state index in [1.54, 1.807) is 23.1 Å². The van der Waals surface area contributed by atoms with E-state index in [9.17, 15) is 24.3 Å². The van der Waals surface area contributed by atoms with E-state index in [0.717, 1.165) is 0 Å². The minimum Gasteiger partial charge on any atom is -0.441 e. The SMILES string of the molecule is CC(=O)OC1CC(=O)N1c1ccc2c(c1)[C@@]1(O[C@H](CCO)[C@@H]([Si](C)(C)O)[C@@H]1C)C(=O)N2c1ccccc1. The average molecular weight is 525 g/mol. The van der Waals surface area contributed by atoms with E-state index in [-0.39, 0.29) is 30.4 Å². The summed E-state index contributed by atoms with van der Waals surface area (Å²) >= 11 is 0. The van der Waals surface area contributed by atoms with Crippen LogP contribution in [0.25, 0.3) is 0 Å². The van der Waals surface area contributed by atoms with E-state index < -0.39 is 38.1 Å². The molecular weight excluding hydrogens is 492 g/mol. The zero-order valence-corrected chi connectivity index (χ0v) is 22.4. The van der Waals surface area contributed by atoms with Gasteiger partial charge in [0.1, 0.15) is 0 Å². The Balaban J connectivity index is 1.67. The van der Waals surface area contributed by atoms with Gasteiger partial charge in [0.25, 0.3) is 5.91 Å². The lowest BCUT2D eigenvalue weighted by Crippen LogP contribution is -2.55. The van der Waals surface area contributed by atoms with Gasteiger partial charge in [0, 0.05) is 41.9 Å². The normalized spacial score (nSPS) is 29.0. The summed E-state index contributed by atoms with van der Waals surface area (Å²) in [4.78, 5) is 52.8. The number of β-lactam (4-membered cyclic amide) rings is 1. The monoisotopic (exact) mass is 524 g/mol. The van der Waals surface area contributed by atoms with Gasteiger partial charge in [-0.15, -0.1) is 0 Å². The number of carbonyl (C=O) groups excluding carboxylic acids is 3. The Bertz CT molecular complexity index is 1250. The van der Waals surface area contributed by atoms with Crippen molar-refractivity contribution in [2.45, 2.75) is 63.3 Å². The molecule has 1 unspecified atom stereocenters. The highest BCUT2D eigenvalue weighted by Gasteiger charge is 2.66. The van der Waals surface area contributed by atoms with Gasteiger partial charge in [-0.3, -0.25) is 24.2 Å². The van der Waals surface area contributed by atoms with Crippen LogP contribution < -0.4 is 9.80 Å².